The normalized spacial score (nSPS) is 10.3. The van der Waals surface area contributed by atoms with Crippen LogP contribution in [0.3, 0.4) is 0 Å². The van der Waals surface area contributed by atoms with Gasteiger partial charge in [0, 0.05) is 25.2 Å². The zero-order chi connectivity index (χ0) is 22.4. The standard InChI is InChI=1S/C24H25N3O4/c1-15-11-19(26-17(3)28)12-16(2)23(15)31-20-9-10-22(29)21(13-20)27-24(30)25-14-18-7-5-4-6-8-18/h4-13,29H,14H2,1-3H3,(H,26,28)(H2,25,27,30). The van der Waals surface area contributed by atoms with Crippen LogP contribution in [-0.2, 0) is 11.3 Å². The van der Waals surface area contributed by atoms with Gasteiger partial charge in [-0.25, -0.2) is 4.79 Å². The monoisotopic (exact) mass is 419 g/mol. The van der Waals surface area contributed by atoms with Crippen LogP contribution in [0.1, 0.15) is 23.6 Å². The summed E-state index contributed by atoms with van der Waals surface area (Å²) >= 11 is 0. The Labute approximate surface area is 181 Å². The molecule has 0 heterocycles. The lowest BCUT2D eigenvalue weighted by Gasteiger charge is -2.15. The molecule has 0 bridgehead atoms. The summed E-state index contributed by atoms with van der Waals surface area (Å²) in [6.07, 6.45) is 0. The van der Waals surface area contributed by atoms with E-state index in [-0.39, 0.29) is 17.3 Å². The number of anilines is 2. The number of nitrogens with one attached hydrogen (secondary N) is 3. The second-order valence-electron chi connectivity index (χ2n) is 7.19. The molecule has 0 atom stereocenters. The molecule has 0 aromatic heterocycles. The maximum atomic E-state index is 12.2. The Morgan fingerprint density at radius 3 is 2.26 bits per heavy atom. The van der Waals surface area contributed by atoms with E-state index >= 15 is 0 Å². The number of ether oxygens (including phenoxy) is 1. The van der Waals surface area contributed by atoms with Crippen LogP contribution in [0.25, 0.3) is 0 Å². The molecule has 0 spiro atoms. The lowest BCUT2D eigenvalue weighted by molar-refractivity contribution is -0.114. The molecule has 0 saturated heterocycles. The van der Waals surface area contributed by atoms with E-state index in [1.54, 1.807) is 12.1 Å². The molecule has 3 aromatic carbocycles. The van der Waals surface area contributed by atoms with Crippen molar-refractivity contribution in [3.8, 4) is 17.2 Å². The molecule has 0 radical (unpaired) electrons. The molecule has 0 aliphatic rings. The highest BCUT2D eigenvalue weighted by molar-refractivity contribution is 5.91. The van der Waals surface area contributed by atoms with Crippen molar-refractivity contribution in [2.24, 2.45) is 0 Å². The van der Waals surface area contributed by atoms with Crippen molar-refractivity contribution in [3.05, 3.63) is 77.4 Å². The maximum absolute atomic E-state index is 12.2. The third-order valence-electron chi connectivity index (χ3n) is 4.51. The SMILES string of the molecule is CC(=O)Nc1cc(C)c(Oc2ccc(O)c(NC(=O)NCc3ccccc3)c2)c(C)c1. The fraction of sp³-hybridized carbons (Fsp3) is 0.167. The number of rotatable bonds is 6. The third kappa shape index (κ3) is 5.99. The average Bonchev–Trinajstić information content (AvgIpc) is 2.72. The van der Waals surface area contributed by atoms with Gasteiger partial charge in [0.15, 0.2) is 0 Å². The lowest BCUT2D eigenvalue weighted by atomic mass is 10.1. The van der Waals surface area contributed by atoms with Crippen molar-refractivity contribution < 1.29 is 19.4 Å². The van der Waals surface area contributed by atoms with E-state index in [2.05, 4.69) is 16.0 Å². The summed E-state index contributed by atoms with van der Waals surface area (Å²) in [6, 6.07) is 17.3. The molecule has 0 aliphatic heterocycles. The van der Waals surface area contributed by atoms with Crippen molar-refractivity contribution in [2.75, 3.05) is 10.6 Å². The molecule has 0 unspecified atom stereocenters. The molecule has 160 valence electrons. The summed E-state index contributed by atoms with van der Waals surface area (Å²) in [4.78, 5) is 23.5. The molecule has 4 N–H and O–H groups in total. The summed E-state index contributed by atoms with van der Waals surface area (Å²) in [7, 11) is 0. The second kappa shape index (κ2) is 9.67. The number of aromatic hydroxyl groups is 1. The van der Waals surface area contributed by atoms with Crippen LogP contribution in [0.4, 0.5) is 16.2 Å². The van der Waals surface area contributed by atoms with E-state index in [0.29, 0.717) is 23.7 Å². The molecule has 7 heteroatoms. The predicted molar refractivity (Wildman–Crippen MR) is 121 cm³/mol. The fourth-order valence-electron chi connectivity index (χ4n) is 3.13. The first-order valence-corrected chi connectivity index (χ1v) is 9.80. The quantitative estimate of drug-likeness (QED) is 0.419. The Bertz CT molecular complexity index is 1070. The number of phenols is 1. The first-order valence-electron chi connectivity index (χ1n) is 9.80. The Morgan fingerprint density at radius 1 is 0.935 bits per heavy atom. The topological polar surface area (TPSA) is 99.7 Å². The first kappa shape index (κ1) is 21.7. The number of urea groups is 1. The maximum Gasteiger partial charge on any atom is 0.319 e. The fourth-order valence-corrected chi connectivity index (χ4v) is 3.13. The number of carbonyl (C=O) groups is 2. The molecule has 0 aliphatic carbocycles. The molecule has 0 fully saturated rings. The van der Waals surface area contributed by atoms with Crippen molar-refractivity contribution in [1.82, 2.24) is 5.32 Å². The van der Waals surface area contributed by atoms with E-state index in [9.17, 15) is 14.7 Å². The Hall–Kier alpha value is -4.00. The second-order valence-corrected chi connectivity index (χ2v) is 7.19. The number of aryl methyl sites for hydroxylation is 2. The van der Waals surface area contributed by atoms with Gasteiger partial charge in [0.05, 0.1) is 5.69 Å². The number of phenolic OH excluding ortho intramolecular Hbond substituents is 1. The van der Waals surface area contributed by atoms with Gasteiger partial charge in [-0.2, -0.15) is 0 Å². The molecule has 3 aromatic rings. The van der Waals surface area contributed by atoms with Crippen LogP contribution >= 0.6 is 0 Å². The summed E-state index contributed by atoms with van der Waals surface area (Å²) in [5.74, 6) is 0.873. The minimum absolute atomic E-state index is 0.0725. The van der Waals surface area contributed by atoms with E-state index in [4.69, 9.17) is 4.74 Å². The summed E-state index contributed by atoms with van der Waals surface area (Å²) < 4.78 is 6.01. The van der Waals surface area contributed by atoms with Crippen molar-refractivity contribution >= 4 is 23.3 Å². The molecule has 3 rings (SSSR count). The van der Waals surface area contributed by atoms with Crippen molar-refractivity contribution in [1.29, 1.82) is 0 Å². The van der Waals surface area contributed by atoms with Gasteiger partial charge >= 0.3 is 6.03 Å². The third-order valence-corrected chi connectivity index (χ3v) is 4.51. The zero-order valence-electron chi connectivity index (χ0n) is 17.7. The highest BCUT2D eigenvalue weighted by Gasteiger charge is 2.12. The minimum atomic E-state index is -0.441. The van der Waals surface area contributed by atoms with Gasteiger partial charge in [-0.05, 0) is 54.8 Å². The van der Waals surface area contributed by atoms with Gasteiger partial charge in [-0.15, -0.1) is 0 Å². The van der Waals surface area contributed by atoms with Crippen molar-refractivity contribution in [2.45, 2.75) is 27.3 Å². The van der Waals surface area contributed by atoms with Gasteiger partial charge in [0.1, 0.15) is 17.2 Å². The highest BCUT2D eigenvalue weighted by atomic mass is 16.5. The minimum Gasteiger partial charge on any atom is -0.506 e. The number of amides is 3. The van der Waals surface area contributed by atoms with Crippen LogP contribution in [0.5, 0.6) is 17.2 Å². The molecule has 31 heavy (non-hydrogen) atoms. The summed E-state index contributed by atoms with van der Waals surface area (Å²) in [5.41, 5.74) is 3.57. The smallest absolute Gasteiger partial charge is 0.319 e. The van der Waals surface area contributed by atoms with Crippen LogP contribution in [-0.4, -0.2) is 17.0 Å². The average molecular weight is 419 g/mol. The van der Waals surface area contributed by atoms with Crippen LogP contribution < -0.4 is 20.7 Å². The van der Waals surface area contributed by atoms with E-state index in [1.807, 2.05) is 56.3 Å². The van der Waals surface area contributed by atoms with Crippen molar-refractivity contribution in [3.63, 3.8) is 0 Å². The largest absolute Gasteiger partial charge is 0.506 e. The highest BCUT2D eigenvalue weighted by Crippen LogP contribution is 2.35. The summed E-state index contributed by atoms with van der Waals surface area (Å²) in [6.45, 7) is 5.58. The van der Waals surface area contributed by atoms with Gasteiger partial charge in [-0.3, -0.25) is 4.79 Å². The molecular formula is C24H25N3O4. The summed E-state index contributed by atoms with van der Waals surface area (Å²) in [5, 5.41) is 18.3. The number of benzene rings is 3. The molecule has 0 saturated carbocycles. The van der Waals surface area contributed by atoms with Gasteiger partial charge in [0.25, 0.3) is 0 Å². The lowest BCUT2D eigenvalue weighted by Crippen LogP contribution is -2.28. The Morgan fingerprint density at radius 2 is 1.61 bits per heavy atom. The van der Waals surface area contributed by atoms with E-state index < -0.39 is 6.03 Å². The number of hydrogen-bond acceptors (Lipinski definition) is 4. The number of carbonyl (C=O) groups excluding carboxylic acids is 2. The van der Waals surface area contributed by atoms with Crippen LogP contribution in [0.15, 0.2) is 60.7 Å². The van der Waals surface area contributed by atoms with Gasteiger partial charge < -0.3 is 25.8 Å². The Kier molecular flexibility index (Phi) is 6.77. The van der Waals surface area contributed by atoms with Gasteiger partial charge in [-0.1, -0.05) is 30.3 Å². The van der Waals surface area contributed by atoms with Gasteiger partial charge in [0.2, 0.25) is 5.91 Å². The van der Waals surface area contributed by atoms with Crippen LogP contribution in [0.2, 0.25) is 0 Å². The molecule has 3 amide bonds. The van der Waals surface area contributed by atoms with Crippen LogP contribution in [0, 0.1) is 13.8 Å². The Balaban J connectivity index is 1.71. The number of hydrogen-bond donors (Lipinski definition) is 4. The molecular weight excluding hydrogens is 394 g/mol. The molecule has 7 nitrogen and oxygen atoms in total. The zero-order valence-corrected chi connectivity index (χ0v) is 17.7. The van der Waals surface area contributed by atoms with E-state index in [0.717, 1.165) is 16.7 Å². The van der Waals surface area contributed by atoms with E-state index in [1.165, 1.54) is 13.0 Å². The predicted octanol–water partition coefficient (Wildman–Crippen LogP) is 5.08. The first-order chi connectivity index (χ1) is 14.8.